The van der Waals surface area contributed by atoms with E-state index in [0.29, 0.717) is 19.4 Å². The monoisotopic (exact) mass is 351 g/mol. The van der Waals surface area contributed by atoms with E-state index in [2.05, 4.69) is 5.32 Å². The molecular weight excluding hydrogens is 322 g/mol. The number of hydrogen-bond donors (Lipinski definition) is 2. The standard InChI is InChI=1S/C18H29N3O4/c1-10(2)14(17(25)21-7-5-6-13(21)15(19)23)20-16(24)12-8-11(22)9-18(12,3)4/h10,12-14H,5-9H2,1-4H3,(H2,19,23)(H,20,24)/t12?,13-,14-/m0/s1. The molecule has 3 atom stereocenters. The highest BCUT2D eigenvalue weighted by molar-refractivity contribution is 5.95. The highest BCUT2D eigenvalue weighted by Gasteiger charge is 2.45. The summed E-state index contributed by atoms with van der Waals surface area (Å²) in [6, 6.07) is -1.32. The maximum absolute atomic E-state index is 12.9. The Bertz CT molecular complexity index is 585. The van der Waals surface area contributed by atoms with Gasteiger partial charge < -0.3 is 16.0 Å². The first kappa shape index (κ1) is 19.4. The number of carbonyl (C=O) groups excluding carboxylic acids is 4. The second kappa shape index (κ2) is 7.14. The molecule has 0 radical (unpaired) electrons. The number of ketones is 1. The van der Waals surface area contributed by atoms with Crippen LogP contribution in [0, 0.1) is 17.3 Å². The zero-order valence-corrected chi connectivity index (χ0v) is 15.5. The van der Waals surface area contributed by atoms with Gasteiger partial charge in [-0.15, -0.1) is 0 Å². The van der Waals surface area contributed by atoms with Gasteiger partial charge in [-0.3, -0.25) is 19.2 Å². The summed E-state index contributed by atoms with van der Waals surface area (Å²) in [6.07, 6.45) is 1.87. The number of nitrogens with one attached hydrogen (secondary N) is 1. The Balaban J connectivity index is 2.13. The van der Waals surface area contributed by atoms with Gasteiger partial charge in [0.05, 0.1) is 5.92 Å². The van der Waals surface area contributed by atoms with Crippen molar-refractivity contribution in [3.8, 4) is 0 Å². The van der Waals surface area contributed by atoms with E-state index in [4.69, 9.17) is 5.73 Å². The second-order valence-corrected chi connectivity index (χ2v) is 8.28. The van der Waals surface area contributed by atoms with Crippen molar-refractivity contribution < 1.29 is 19.2 Å². The smallest absolute Gasteiger partial charge is 0.246 e. The van der Waals surface area contributed by atoms with Crippen molar-refractivity contribution in [2.24, 2.45) is 23.0 Å². The Kier molecular flexibility index (Phi) is 5.54. The van der Waals surface area contributed by atoms with Gasteiger partial charge in [-0.05, 0) is 24.2 Å². The van der Waals surface area contributed by atoms with Gasteiger partial charge in [0.25, 0.3) is 0 Å². The lowest BCUT2D eigenvalue weighted by atomic mass is 9.81. The fourth-order valence-electron chi connectivity index (χ4n) is 3.93. The lowest BCUT2D eigenvalue weighted by Crippen LogP contribution is -2.56. The van der Waals surface area contributed by atoms with Crippen molar-refractivity contribution in [3.05, 3.63) is 0 Å². The molecule has 0 bridgehead atoms. The number of rotatable bonds is 5. The lowest BCUT2D eigenvalue weighted by molar-refractivity contribution is -0.142. The Morgan fingerprint density at radius 1 is 1.28 bits per heavy atom. The summed E-state index contributed by atoms with van der Waals surface area (Å²) in [4.78, 5) is 50.4. The lowest BCUT2D eigenvalue weighted by Gasteiger charge is -2.32. The van der Waals surface area contributed by atoms with Crippen LogP contribution in [0.25, 0.3) is 0 Å². The molecular formula is C18H29N3O4. The molecule has 1 saturated heterocycles. The van der Waals surface area contributed by atoms with Crippen LogP contribution >= 0.6 is 0 Å². The average molecular weight is 351 g/mol. The van der Waals surface area contributed by atoms with Gasteiger partial charge in [-0.1, -0.05) is 27.7 Å². The summed E-state index contributed by atoms with van der Waals surface area (Å²) >= 11 is 0. The van der Waals surface area contributed by atoms with Gasteiger partial charge in [0.1, 0.15) is 17.9 Å². The third kappa shape index (κ3) is 4.02. The minimum absolute atomic E-state index is 0.0749. The third-order valence-corrected chi connectivity index (χ3v) is 5.44. The van der Waals surface area contributed by atoms with E-state index in [1.807, 2.05) is 27.7 Å². The largest absolute Gasteiger partial charge is 0.368 e. The number of amides is 3. The maximum Gasteiger partial charge on any atom is 0.246 e. The normalized spacial score (nSPS) is 26.8. The molecule has 0 aromatic carbocycles. The van der Waals surface area contributed by atoms with Gasteiger partial charge in [0, 0.05) is 19.4 Å². The number of likely N-dealkylation sites (tertiary alicyclic amines) is 1. The highest BCUT2D eigenvalue weighted by Crippen LogP contribution is 2.40. The van der Waals surface area contributed by atoms with Crippen molar-refractivity contribution in [1.82, 2.24) is 10.2 Å². The van der Waals surface area contributed by atoms with E-state index < -0.39 is 29.3 Å². The summed E-state index contributed by atoms with van der Waals surface area (Å²) in [5.74, 6) is -1.54. The van der Waals surface area contributed by atoms with E-state index in [1.54, 1.807) is 0 Å². The molecule has 1 aliphatic carbocycles. The molecule has 3 N–H and O–H groups in total. The average Bonchev–Trinajstić information content (AvgIpc) is 3.07. The molecule has 1 heterocycles. The van der Waals surface area contributed by atoms with Crippen molar-refractivity contribution in [1.29, 1.82) is 0 Å². The van der Waals surface area contributed by atoms with Crippen LogP contribution in [0.5, 0.6) is 0 Å². The molecule has 0 aromatic heterocycles. The minimum Gasteiger partial charge on any atom is -0.368 e. The highest BCUT2D eigenvalue weighted by atomic mass is 16.2. The van der Waals surface area contributed by atoms with Gasteiger partial charge in [-0.2, -0.15) is 0 Å². The number of nitrogens with zero attached hydrogens (tertiary/aromatic N) is 1. The van der Waals surface area contributed by atoms with Crippen molar-refractivity contribution in [3.63, 3.8) is 0 Å². The molecule has 140 valence electrons. The molecule has 1 unspecified atom stereocenters. The van der Waals surface area contributed by atoms with Gasteiger partial charge in [0.15, 0.2) is 0 Å². The third-order valence-electron chi connectivity index (χ3n) is 5.44. The summed E-state index contributed by atoms with van der Waals surface area (Å²) in [6.45, 7) is 7.97. The Hall–Kier alpha value is -1.92. The quantitative estimate of drug-likeness (QED) is 0.756. The van der Waals surface area contributed by atoms with E-state index in [1.165, 1.54) is 4.90 Å². The van der Waals surface area contributed by atoms with Crippen LogP contribution in [-0.4, -0.2) is 47.0 Å². The topological polar surface area (TPSA) is 110 Å². The van der Waals surface area contributed by atoms with E-state index in [9.17, 15) is 19.2 Å². The van der Waals surface area contributed by atoms with Crippen LogP contribution in [0.3, 0.4) is 0 Å². The number of primary amides is 1. The first-order valence-electron chi connectivity index (χ1n) is 8.96. The molecule has 1 aliphatic heterocycles. The summed E-state index contributed by atoms with van der Waals surface area (Å²) in [5, 5.41) is 2.84. The van der Waals surface area contributed by atoms with Crippen molar-refractivity contribution in [2.45, 2.75) is 65.5 Å². The van der Waals surface area contributed by atoms with E-state index in [-0.39, 0.29) is 29.9 Å². The van der Waals surface area contributed by atoms with Crippen molar-refractivity contribution >= 4 is 23.5 Å². The molecule has 7 nitrogen and oxygen atoms in total. The van der Waals surface area contributed by atoms with Crippen LogP contribution < -0.4 is 11.1 Å². The molecule has 3 amide bonds. The minimum atomic E-state index is -0.723. The fraction of sp³-hybridized carbons (Fsp3) is 0.778. The molecule has 2 aliphatic rings. The Morgan fingerprint density at radius 2 is 1.92 bits per heavy atom. The summed E-state index contributed by atoms with van der Waals surface area (Å²) in [7, 11) is 0. The molecule has 7 heteroatoms. The number of hydrogen-bond acceptors (Lipinski definition) is 4. The first-order chi connectivity index (χ1) is 11.5. The SMILES string of the molecule is CC(C)[C@H](NC(=O)C1CC(=O)CC1(C)C)C(=O)N1CCC[C@H]1C(N)=O. The Labute approximate surface area is 148 Å². The Morgan fingerprint density at radius 3 is 2.40 bits per heavy atom. The summed E-state index contributed by atoms with van der Waals surface area (Å²) < 4.78 is 0. The number of nitrogens with two attached hydrogens (primary N) is 1. The molecule has 2 fully saturated rings. The van der Waals surface area contributed by atoms with Gasteiger partial charge >= 0.3 is 0 Å². The van der Waals surface area contributed by atoms with Crippen LogP contribution in [0.4, 0.5) is 0 Å². The fourth-order valence-corrected chi connectivity index (χ4v) is 3.93. The summed E-state index contributed by atoms with van der Waals surface area (Å²) in [5.41, 5.74) is 4.99. The molecule has 2 rings (SSSR count). The van der Waals surface area contributed by atoms with E-state index >= 15 is 0 Å². The predicted octanol–water partition coefficient (Wildman–Crippen LogP) is 0.609. The molecule has 1 saturated carbocycles. The zero-order valence-electron chi connectivity index (χ0n) is 15.5. The zero-order chi connectivity index (χ0) is 18.9. The predicted molar refractivity (Wildman–Crippen MR) is 92.2 cm³/mol. The maximum atomic E-state index is 12.9. The number of Topliss-reactive ketones (excluding diaryl/α,β-unsaturated/α-hetero) is 1. The molecule has 0 aromatic rings. The van der Waals surface area contributed by atoms with Crippen molar-refractivity contribution in [2.75, 3.05) is 6.54 Å². The van der Waals surface area contributed by atoms with Gasteiger partial charge in [0.2, 0.25) is 17.7 Å². The molecule has 25 heavy (non-hydrogen) atoms. The van der Waals surface area contributed by atoms with Crippen LogP contribution in [0.1, 0.15) is 53.4 Å². The van der Waals surface area contributed by atoms with Crippen LogP contribution in [0.15, 0.2) is 0 Å². The van der Waals surface area contributed by atoms with Crippen LogP contribution in [-0.2, 0) is 19.2 Å². The van der Waals surface area contributed by atoms with Gasteiger partial charge in [-0.25, -0.2) is 0 Å². The number of carbonyl (C=O) groups is 4. The molecule has 0 spiro atoms. The van der Waals surface area contributed by atoms with E-state index in [0.717, 1.165) is 6.42 Å². The second-order valence-electron chi connectivity index (χ2n) is 8.28. The van der Waals surface area contributed by atoms with Crippen LogP contribution in [0.2, 0.25) is 0 Å². The first-order valence-corrected chi connectivity index (χ1v) is 8.96.